The fourth-order valence-electron chi connectivity index (χ4n) is 12.6. The van der Waals surface area contributed by atoms with Crippen LogP contribution in [0.15, 0.2) is 23.5 Å². The van der Waals surface area contributed by atoms with Crippen molar-refractivity contribution in [3.63, 3.8) is 0 Å². The number of rotatable bonds is 8. The van der Waals surface area contributed by atoms with Crippen molar-refractivity contribution in [3.05, 3.63) is 29.4 Å². The molecule has 0 saturated heterocycles. The highest BCUT2D eigenvalue weighted by molar-refractivity contribution is 6.02. The van der Waals surface area contributed by atoms with Crippen LogP contribution in [0.25, 0.3) is 0 Å². The molecule has 3 N–H and O–H groups in total. The molecule has 10 heteroatoms. The molecule has 0 bridgehead atoms. The van der Waals surface area contributed by atoms with E-state index in [2.05, 4.69) is 64.1 Å². The lowest BCUT2D eigenvalue weighted by molar-refractivity contribution is -0.232. The van der Waals surface area contributed by atoms with E-state index in [4.69, 9.17) is 4.74 Å². The summed E-state index contributed by atoms with van der Waals surface area (Å²) in [7, 11) is 1.91. The third-order valence-electron chi connectivity index (χ3n) is 15.5. The van der Waals surface area contributed by atoms with Gasteiger partial charge in [0.15, 0.2) is 5.78 Å². The molecule has 2 amide bonds. The van der Waals surface area contributed by atoms with Gasteiger partial charge in [-0.05, 0) is 116 Å². The van der Waals surface area contributed by atoms with Gasteiger partial charge >= 0.3 is 18.0 Å². The van der Waals surface area contributed by atoms with Crippen LogP contribution in [0, 0.1) is 50.7 Å². The summed E-state index contributed by atoms with van der Waals surface area (Å²) in [5, 5.41) is 16.0. The van der Waals surface area contributed by atoms with Gasteiger partial charge in [-0.2, -0.15) is 0 Å². The number of esters is 1. The molecule has 1 aromatic heterocycles. The van der Waals surface area contributed by atoms with Gasteiger partial charge in [0.1, 0.15) is 11.9 Å². The Bertz CT molecular complexity index is 1640. The average molecular weight is 707 g/mol. The van der Waals surface area contributed by atoms with Crippen molar-refractivity contribution in [3.8, 4) is 0 Å². The van der Waals surface area contributed by atoms with Crippen LogP contribution >= 0.6 is 0 Å². The van der Waals surface area contributed by atoms with E-state index in [0.29, 0.717) is 24.8 Å². The van der Waals surface area contributed by atoms with Gasteiger partial charge in [-0.3, -0.25) is 14.4 Å². The number of nitrogens with zero attached hydrogens (tertiary/aromatic N) is 2. The lowest BCUT2D eigenvalue weighted by atomic mass is 9.33. The van der Waals surface area contributed by atoms with E-state index in [1.165, 1.54) is 5.57 Å². The first-order valence-corrected chi connectivity index (χ1v) is 19.4. The monoisotopic (exact) mass is 706 g/mol. The number of carbonyl (C=O) groups excluding carboxylic acids is 3. The number of imidazole rings is 1. The van der Waals surface area contributed by atoms with Crippen molar-refractivity contribution in [1.82, 2.24) is 20.2 Å². The van der Waals surface area contributed by atoms with Crippen LogP contribution in [0.4, 0.5) is 4.79 Å². The van der Waals surface area contributed by atoms with Crippen LogP contribution in [0.2, 0.25) is 0 Å². The first-order valence-electron chi connectivity index (χ1n) is 19.4. The number of hydrogen-bond donors (Lipinski definition) is 3. The molecule has 4 saturated carbocycles. The molecule has 0 aliphatic heterocycles. The second kappa shape index (κ2) is 12.5. The number of nitrogens with one attached hydrogen (secondary N) is 2. The van der Waals surface area contributed by atoms with Crippen molar-refractivity contribution >= 4 is 23.8 Å². The third-order valence-corrected chi connectivity index (χ3v) is 15.5. The second-order valence-corrected chi connectivity index (χ2v) is 19.2. The fourth-order valence-corrected chi connectivity index (χ4v) is 12.6. The van der Waals surface area contributed by atoms with E-state index in [0.717, 1.165) is 62.8 Å². The van der Waals surface area contributed by atoms with Gasteiger partial charge in [0.2, 0.25) is 0 Å². The maximum absolute atomic E-state index is 13.9. The van der Waals surface area contributed by atoms with E-state index >= 15 is 0 Å². The standard InChI is InChI=1S/C41H62N4O6/c1-24(2)32-26(46)21-41(44-35(50)43-23-30-42-19-20-45(30)10)18-17-39(8)25(33(32)41)11-12-28-38(7)15-14-29(51-31(47)22-36(3,4)34(48)49)37(5,6)27(38)13-16-40(28,39)9/h19-20,24-25,27-29H,11-18,21-23H2,1-10H3,(H,48,49)(H2,43,44,50)/t25-,27+,28-,29+,38+,39-,40-,41-/m1/s1. The second-order valence-electron chi connectivity index (χ2n) is 19.2. The lowest BCUT2D eigenvalue weighted by Gasteiger charge is -2.72. The first kappa shape index (κ1) is 37.6. The van der Waals surface area contributed by atoms with E-state index < -0.39 is 22.9 Å². The number of carboxylic acids is 1. The maximum Gasteiger partial charge on any atom is 0.315 e. The number of aryl methyl sites for hydroxylation is 1. The lowest BCUT2D eigenvalue weighted by Crippen LogP contribution is -2.67. The number of urea groups is 1. The minimum absolute atomic E-state index is 0.0274. The van der Waals surface area contributed by atoms with Gasteiger partial charge in [0, 0.05) is 31.3 Å². The fraction of sp³-hybridized carbons (Fsp3) is 0.780. The number of hydrogen-bond acceptors (Lipinski definition) is 6. The van der Waals surface area contributed by atoms with Crippen LogP contribution in [-0.2, 0) is 32.7 Å². The molecule has 1 aromatic rings. The summed E-state index contributed by atoms with van der Waals surface area (Å²) in [5.74, 6) is 0.625. The molecule has 5 aliphatic carbocycles. The summed E-state index contributed by atoms with van der Waals surface area (Å²) in [4.78, 5) is 56.6. The Morgan fingerprint density at radius 1 is 1.00 bits per heavy atom. The van der Waals surface area contributed by atoms with Crippen molar-refractivity contribution in [1.29, 1.82) is 0 Å². The third kappa shape index (κ3) is 5.76. The van der Waals surface area contributed by atoms with Crippen LogP contribution in [0.3, 0.4) is 0 Å². The van der Waals surface area contributed by atoms with Crippen molar-refractivity contribution in [2.24, 2.45) is 57.8 Å². The van der Waals surface area contributed by atoms with Crippen molar-refractivity contribution in [2.45, 2.75) is 145 Å². The van der Waals surface area contributed by atoms with E-state index in [9.17, 15) is 24.3 Å². The molecule has 5 aliphatic rings. The Morgan fingerprint density at radius 2 is 1.71 bits per heavy atom. The van der Waals surface area contributed by atoms with Crippen LogP contribution < -0.4 is 10.6 Å². The summed E-state index contributed by atoms with van der Waals surface area (Å²) >= 11 is 0. The Kier molecular flexibility index (Phi) is 9.19. The molecule has 0 aromatic carbocycles. The smallest absolute Gasteiger partial charge is 0.315 e. The number of ketones is 1. The van der Waals surface area contributed by atoms with Gasteiger partial charge in [-0.1, -0.05) is 48.5 Å². The quantitative estimate of drug-likeness (QED) is 0.240. The molecule has 51 heavy (non-hydrogen) atoms. The van der Waals surface area contributed by atoms with E-state index in [1.807, 2.05) is 17.8 Å². The first-order chi connectivity index (χ1) is 23.6. The highest BCUT2D eigenvalue weighted by Crippen LogP contribution is 2.76. The Labute approximate surface area is 304 Å². The molecule has 1 heterocycles. The largest absolute Gasteiger partial charge is 0.481 e. The van der Waals surface area contributed by atoms with Gasteiger partial charge in [0.05, 0.1) is 23.9 Å². The number of allylic oxidation sites excluding steroid dienone is 1. The number of carboxylic acid groups (broad SMARTS) is 1. The van der Waals surface area contributed by atoms with Gasteiger partial charge < -0.3 is 25.0 Å². The molecule has 0 unspecified atom stereocenters. The Morgan fingerprint density at radius 3 is 2.33 bits per heavy atom. The minimum Gasteiger partial charge on any atom is -0.481 e. The summed E-state index contributed by atoms with van der Waals surface area (Å²) < 4.78 is 8.04. The molecule has 8 atom stereocenters. The number of ether oxygens (including phenoxy) is 1. The molecule has 10 nitrogen and oxygen atoms in total. The summed E-state index contributed by atoms with van der Waals surface area (Å²) in [5.41, 5.74) is 0.0725. The zero-order valence-corrected chi connectivity index (χ0v) is 32.7. The maximum atomic E-state index is 13.9. The van der Waals surface area contributed by atoms with E-state index in [1.54, 1.807) is 20.0 Å². The summed E-state index contributed by atoms with van der Waals surface area (Å²) in [6.07, 6.45) is 11.1. The van der Waals surface area contributed by atoms with Crippen LogP contribution in [0.5, 0.6) is 0 Å². The van der Waals surface area contributed by atoms with Gasteiger partial charge in [-0.25, -0.2) is 9.78 Å². The molecule has 4 fully saturated rings. The van der Waals surface area contributed by atoms with Gasteiger partial charge in [-0.15, -0.1) is 0 Å². The van der Waals surface area contributed by atoms with Crippen molar-refractivity contribution < 1.29 is 29.0 Å². The number of amides is 2. The Hall–Kier alpha value is -3.17. The number of aliphatic carboxylic acids is 1. The molecular formula is C41H62N4O6. The normalized spacial score (nSPS) is 37.2. The topological polar surface area (TPSA) is 140 Å². The average Bonchev–Trinajstić information content (AvgIpc) is 3.56. The highest BCUT2D eigenvalue weighted by Gasteiger charge is 2.70. The molecule has 0 spiro atoms. The Balaban J connectivity index is 1.26. The highest BCUT2D eigenvalue weighted by atomic mass is 16.5. The SMILES string of the molecule is CC(C)C1=C2[C@H]3CC[C@@H]4[C@@]5(C)CC[C@H](OC(=O)CC(C)(C)C(=O)O)C(C)(C)[C@@H]5CC[C@@]4(C)[C@]3(C)CC[C@@]2(NC(=O)NCc2nccn2C)CC1=O. The predicted molar refractivity (Wildman–Crippen MR) is 194 cm³/mol. The molecule has 0 radical (unpaired) electrons. The summed E-state index contributed by atoms with van der Waals surface area (Å²) in [6.45, 7) is 19.7. The van der Waals surface area contributed by atoms with Gasteiger partial charge in [0.25, 0.3) is 0 Å². The number of aromatic nitrogens is 2. The molecular weight excluding hydrogens is 644 g/mol. The number of fused-ring (bicyclic) bond motifs is 7. The molecule has 282 valence electrons. The van der Waals surface area contributed by atoms with Crippen LogP contribution in [0.1, 0.15) is 132 Å². The zero-order chi connectivity index (χ0) is 37.5. The molecule has 6 rings (SSSR count). The van der Waals surface area contributed by atoms with Crippen LogP contribution in [-0.4, -0.2) is 50.1 Å². The van der Waals surface area contributed by atoms with Crippen molar-refractivity contribution in [2.75, 3.05) is 0 Å². The van der Waals surface area contributed by atoms with E-state index in [-0.39, 0.29) is 57.8 Å². The minimum atomic E-state index is -1.17. The predicted octanol–water partition coefficient (Wildman–Crippen LogP) is 7.37. The summed E-state index contributed by atoms with van der Waals surface area (Å²) in [6, 6.07) is -0.254. The number of Topliss-reactive ketones (excluding diaryl/α,β-unsaturated/α-hetero) is 1. The number of carbonyl (C=O) groups is 4. The zero-order valence-electron chi connectivity index (χ0n) is 32.7.